The highest BCUT2D eigenvalue weighted by atomic mass is 35.5. The molecule has 0 amide bonds. The van der Waals surface area contributed by atoms with Crippen LogP contribution in [0.5, 0.6) is 0 Å². The minimum atomic E-state index is 0.191. The molecule has 2 N–H and O–H groups in total. The number of aromatic nitrogens is 6. The van der Waals surface area contributed by atoms with Gasteiger partial charge in [0.2, 0.25) is 5.28 Å². The van der Waals surface area contributed by atoms with Gasteiger partial charge in [-0.05, 0) is 11.6 Å². The van der Waals surface area contributed by atoms with Gasteiger partial charge in [0.25, 0.3) is 0 Å². The predicted molar refractivity (Wildman–Crippen MR) is 72.1 cm³/mol. The fraction of sp³-hybridized carbons (Fsp3) is 0.273. The number of fused-ring (bicyclic) bond motifs is 1. The molecule has 7 nitrogen and oxygen atoms in total. The summed E-state index contributed by atoms with van der Waals surface area (Å²) in [6, 6.07) is 0. The first-order chi connectivity index (χ1) is 9.24. The van der Waals surface area contributed by atoms with Gasteiger partial charge in [0, 0.05) is 32.4 Å². The van der Waals surface area contributed by atoms with Crippen molar-refractivity contribution < 1.29 is 0 Å². The van der Waals surface area contributed by atoms with Crippen LogP contribution in [0.15, 0.2) is 18.6 Å². The summed E-state index contributed by atoms with van der Waals surface area (Å²) in [6.45, 7) is 0.707. The van der Waals surface area contributed by atoms with Gasteiger partial charge in [-0.2, -0.15) is 15.1 Å². The van der Waals surface area contributed by atoms with E-state index in [1.807, 2.05) is 17.8 Å². The normalized spacial score (nSPS) is 11.1. The van der Waals surface area contributed by atoms with Crippen LogP contribution in [0, 0.1) is 0 Å². The molecule has 0 spiro atoms. The van der Waals surface area contributed by atoms with Crippen LogP contribution in [-0.4, -0.2) is 36.3 Å². The first kappa shape index (κ1) is 11.9. The molecule has 0 saturated carbocycles. The summed E-state index contributed by atoms with van der Waals surface area (Å²) in [5, 5.41) is 10.9. The molecule has 3 rings (SSSR count). The van der Waals surface area contributed by atoms with Crippen molar-refractivity contribution in [3.05, 3.63) is 29.7 Å². The summed E-state index contributed by atoms with van der Waals surface area (Å²) >= 11 is 5.86. The topological polar surface area (TPSA) is 84.3 Å². The number of H-pyrrole nitrogens is 1. The van der Waals surface area contributed by atoms with E-state index in [0.29, 0.717) is 18.0 Å². The van der Waals surface area contributed by atoms with E-state index in [0.717, 1.165) is 17.6 Å². The SMILES string of the molecule is Cn1ccnc1CCNc1nc(Cl)nc2[nH]ncc12. The average Bonchev–Trinajstić information content (AvgIpc) is 2.98. The van der Waals surface area contributed by atoms with Crippen LogP contribution in [0.1, 0.15) is 5.82 Å². The van der Waals surface area contributed by atoms with Gasteiger partial charge >= 0.3 is 0 Å². The Hall–Kier alpha value is -2.15. The molecule has 0 aliphatic heterocycles. The van der Waals surface area contributed by atoms with Crippen LogP contribution in [0.4, 0.5) is 5.82 Å². The Kier molecular flexibility index (Phi) is 3.04. The first-order valence-corrected chi connectivity index (χ1v) is 6.18. The molecule has 3 heterocycles. The van der Waals surface area contributed by atoms with Crippen LogP contribution in [0.25, 0.3) is 11.0 Å². The first-order valence-electron chi connectivity index (χ1n) is 5.81. The Balaban J connectivity index is 1.75. The highest BCUT2D eigenvalue weighted by Gasteiger charge is 2.08. The van der Waals surface area contributed by atoms with Crippen molar-refractivity contribution in [1.29, 1.82) is 0 Å². The van der Waals surface area contributed by atoms with Crippen molar-refractivity contribution in [3.8, 4) is 0 Å². The predicted octanol–water partition coefficient (Wildman–Crippen LogP) is 1.39. The van der Waals surface area contributed by atoms with Crippen LogP contribution in [0.2, 0.25) is 5.28 Å². The number of aromatic amines is 1. The van der Waals surface area contributed by atoms with Gasteiger partial charge in [0.05, 0.1) is 11.6 Å². The second-order valence-corrected chi connectivity index (χ2v) is 4.44. The molecule has 3 aromatic rings. The second-order valence-electron chi connectivity index (χ2n) is 4.10. The van der Waals surface area contributed by atoms with E-state index in [-0.39, 0.29) is 5.28 Å². The molecule has 3 aromatic heterocycles. The third kappa shape index (κ3) is 2.37. The Bertz CT molecular complexity index is 702. The lowest BCUT2D eigenvalue weighted by Crippen LogP contribution is -2.10. The van der Waals surface area contributed by atoms with E-state index in [1.165, 1.54) is 0 Å². The summed E-state index contributed by atoms with van der Waals surface area (Å²) < 4.78 is 1.99. The minimum absolute atomic E-state index is 0.191. The second kappa shape index (κ2) is 4.85. The Morgan fingerprint density at radius 1 is 1.42 bits per heavy atom. The molecule has 0 aliphatic rings. The summed E-state index contributed by atoms with van der Waals surface area (Å²) in [7, 11) is 1.97. The van der Waals surface area contributed by atoms with E-state index >= 15 is 0 Å². The number of anilines is 1. The van der Waals surface area contributed by atoms with Crippen molar-refractivity contribution in [2.75, 3.05) is 11.9 Å². The van der Waals surface area contributed by atoms with Crippen molar-refractivity contribution >= 4 is 28.5 Å². The fourth-order valence-electron chi connectivity index (χ4n) is 1.87. The smallest absolute Gasteiger partial charge is 0.226 e. The van der Waals surface area contributed by atoms with Crippen LogP contribution in [-0.2, 0) is 13.5 Å². The number of hydrogen-bond donors (Lipinski definition) is 2. The van der Waals surface area contributed by atoms with E-state index in [1.54, 1.807) is 12.4 Å². The van der Waals surface area contributed by atoms with Crippen molar-refractivity contribution in [2.45, 2.75) is 6.42 Å². The molecule has 8 heteroatoms. The van der Waals surface area contributed by atoms with Crippen LogP contribution in [0.3, 0.4) is 0 Å². The third-order valence-corrected chi connectivity index (χ3v) is 3.01. The van der Waals surface area contributed by atoms with Gasteiger partial charge in [-0.3, -0.25) is 5.10 Å². The van der Waals surface area contributed by atoms with Gasteiger partial charge in [-0.25, -0.2) is 4.98 Å². The van der Waals surface area contributed by atoms with E-state index in [4.69, 9.17) is 11.6 Å². The largest absolute Gasteiger partial charge is 0.369 e. The highest BCUT2D eigenvalue weighted by Crippen LogP contribution is 2.19. The molecule has 0 bridgehead atoms. The highest BCUT2D eigenvalue weighted by molar-refractivity contribution is 6.28. The molecule has 0 aliphatic carbocycles. The number of halogens is 1. The van der Waals surface area contributed by atoms with E-state index in [2.05, 4.69) is 30.5 Å². The maximum atomic E-state index is 5.86. The lowest BCUT2D eigenvalue weighted by Gasteiger charge is -2.06. The van der Waals surface area contributed by atoms with Gasteiger partial charge < -0.3 is 9.88 Å². The molecule has 19 heavy (non-hydrogen) atoms. The Morgan fingerprint density at radius 3 is 3.11 bits per heavy atom. The van der Waals surface area contributed by atoms with E-state index in [9.17, 15) is 0 Å². The molecule has 0 saturated heterocycles. The van der Waals surface area contributed by atoms with Gasteiger partial charge in [-0.1, -0.05) is 0 Å². The van der Waals surface area contributed by atoms with Gasteiger partial charge in [0.1, 0.15) is 11.6 Å². The minimum Gasteiger partial charge on any atom is -0.369 e. The summed E-state index contributed by atoms with van der Waals surface area (Å²) in [6.07, 6.45) is 6.18. The number of rotatable bonds is 4. The Labute approximate surface area is 114 Å². The summed E-state index contributed by atoms with van der Waals surface area (Å²) in [4.78, 5) is 12.5. The third-order valence-electron chi connectivity index (χ3n) is 2.84. The molecule has 0 atom stereocenters. The fourth-order valence-corrected chi connectivity index (χ4v) is 2.04. The molecule has 98 valence electrons. The molecule has 0 fully saturated rings. The molecular formula is C11H12ClN7. The Morgan fingerprint density at radius 2 is 2.32 bits per heavy atom. The number of aryl methyl sites for hydroxylation is 1. The van der Waals surface area contributed by atoms with Crippen molar-refractivity contribution in [3.63, 3.8) is 0 Å². The maximum Gasteiger partial charge on any atom is 0.226 e. The zero-order chi connectivity index (χ0) is 13.2. The van der Waals surface area contributed by atoms with Crippen LogP contribution >= 0.6 is 11.6 Å². The number of nitrogens with zero attached hydrogens (tertiary/aromatic N) is 5. The lowest BCUT2D eigenvalue weighted by atomic mass is 10.3. The zero-order valence-corrected chi connectivity index (χ0v) is 11.0. The van der Waals surface area contributed by atoms with Crippen LogP contribution < -0.4 is 5.32 Å². The molecule has 0 radical (unpaired) electrons. The summed E-state index contributed by atoms with van der Waals surface area (Å²) in [5.41, 5.74) is 0.625. The summed E-state index contributed by atoms with van der Waals surface area (Å²) in [5.74, 6) is 1.69. The lowest BCUT2D eigenvalue weighted by molar-refractivity contribution is 0.789. The number of hydrogen-bond acceptors (Lipinski definition) is 5. The van der Waals surface area contributed by atoms with Crippen molar-refractivity contribution in [2.24, 2.45) is 7.05 Å². The number of imidazole rings is 1. The monoisotopic (exact) mass is 277 g/mol. The molecular weight excluding hydrogens is 266 g/mol. The molecule has 0 unspecified atom stereocenters. The van der Waals surface area contributed by atoms with E-state index < -0.39 is 0 Å². The molecule has 0 aromatic carbocycles. The zero-order valence-electron chi connectivity index (χ0n) is 10.3. The maximum absolute atomic E-state index is 5.86. The standard InChI is InChI=1S/C11H12ClN7/c1-19-5-4-13-8(19)2-3-14-9-7-6-15-18-10(7)17-11(12)16-9/h4-6H,2-3H2,1H3,(H2,14,15,16,17,18). The van der Waals surface area contributed by atoms with Crippen molar-refractivity contribution in [1.82, 2.24) is 29.7 Å². The van der Waals surface area contributed by atoms with Gasteiger partial charge in [-0.15, -0.1) is 0 Å². The quantitative estimate of drug-likeness (QED) is 0.704. The van der Waals surface area contributed by atoms with Gasteiger partial charge in [0.15, 0.2) is 5.65 Å². The average molecular weight is 278 g/mol. The number of nitrogens with one attached hydrogen (secondary N) is 2.